The molecule has 1 heterocycles. The summed E-state index contributed by atoms with van der Waals surface area (Å²) in [5.74, 6) is -1.79. The third-order valence-electron chi connectivity index (χ3n) is 4.21. The first-order valence-electron chi connectivity index (χ1n) is 8.09. The van der Waals surface area contributed by atoms with E-state index in [0.29, 0.717) is 5.56 Å². The molecule has 0 fully saturated rings. The van der Waals surface area contributed by atoms with Crippen LogP contribution in [-0.4, -0.2) is 45.4 Å². The maximum atomic E-state index is 12.4. The monoisotopic (exact) mass is 346 g/mol. The SMILES string of the molecule is CC1/C=C\C(=O)C(O)[C@@H](O)C/C=C/c2cccc(O)c2C(=O)O[C@H]1C. The van der Waals surface area contributed by atoms with Crippen LogP contribution in [0.5, 0.6) is 5.75 Å². The normalized spacial score (nSPS) is 30.7. The van der Waals surface area contributed by atoms with Gasteiger partial charge in [-0.2, -0.15) is 0 Å². The number of aliphatic hydroxyl groups is 2. The van der Waals surface area contributed by atoms with E-state index in [-0.39, 0.29) is 23.7 Å². The molecule has 134 valence electrons. The number of esters is 1. The maximum absolute atomic E-state index is 12.4. The third-order valence-corrected chi connectivity index (χ3v) is 4.21. The van der Waals surface area contributed by atoms with Crippen LogP contribution in [0, 0.1) is 5.92 Å². The van der Waals surface area contributed by atoms with Crippen molar-refractivity contribution >= 4 is 17.8 Å². The lowest BCUT2D eigenvalue weighted by Gasteiger charge is -2.19. The van der Waals surface area contributed by atoms with Crippen molar-refractivity contribution in [3.63, 3.8) is 0 Å². The van der Waals surface area contributed by atoms with Crippen LogP contribution in [0.2, 0.25) is 0 Å². The number of aliphatic hydroxyl groups excluding tert-OH is 2. The molecule has 6 nitrogen and oxygen atoms in total. The predicted molar refractivity (Wildman–Crippen MR) is 92.0 cm³/mol. The Morgan fingerprint density at radius 3 is 2.56 bits per heavy atom. The number of fused-ring (bicyclic) bond motifs is 1. The Kier molecular flexibility index (Phi) is 6.12. The minimum Gasteiger partial charge on any atom is -0.507 e. The molecule has 0 amide bonds. The number of hydrogen-bond donors (Lipinski definition) is 3. The molecule has 2 rings (SSSR count). The Bertz CT molecular complexity index is 706. The second kappa shape index (κ2) is 8.09. The van der Waals surface area contributed by atoms with Gasteiger partial charge >= 0.3 is 5.97 Å². The molecule has 3 N–H and O–H groups in total. The summed E-state index contributed by atoms with van der Waals surface area (Å²) in [6, 6.07) is 4.60. The zero-order valence-corrected chi connectivity index (χ0v) is 14.1. The van der Waals surface area contributed by atoms with Crippen molar-refractivity contribution in [1.29, 1.82) is 0 Å². The zero-order chi connectivity index (χ0) is 18.6. The van der Waals surface area contributed by atoms with Gasteiger partial charge in [0.1, 0.15) is 23.5 Å². The fourth-order valence-corrected chi connectivity index (χ4v) is 2.41. The van der Waals surface area contributed by atoms with Crippen LogP contribution < -0.4 is 0 Å². The molecule has 0 saturated carbocycles. The molecule has 1 aromatic rings. The molecule has 0 spiro atoms. The number of hydrogen-bond acceptors (Lipinski definition) is 6. The molecule has 0 saturated heterocycles. The van der Waals surface area contributed by atoms with E-state index in [1.807, 2.05) is 0 Å². The average molecular weight is 346 g/mol. The number of carbonyl (C=O) groups is 2. The number of rotatable bonds is 0. The van der Waals surface area contributed by atoms with Gasteiger partial charge in [0, 0.05) is 5.92 Å². The van der Waals surface area contributed by atoms with E-state index in [0.717, 1.165) is 0 Å². The van der Waals surface area contributed by atoms with E-state index < -0.39 is 30.1 Å². The summed E-state index contributed by atoms with van der Waals surface area (Å²) in [5.41, 5.74) is 0.454. The van der Waals surface area contributed by atoms with Gasteiger partial charge in [0.2, 0.25) is 0 Å². The van der Waals surface area contributed by atoms with Crippen molar-refractivity contribution in [2.75, 3.05) is 0 Å². The van der Waals surface area contributed by atoms with Gasteiger partial charge in [0.15, 0.2) is 5.78 Å². The number of ether oxygens (including phenoxy) is 1. The van der Waals surface area contributed by atoms with Gasteiger partial charge < -0.3 is 20.1 Å². The Morgan fingerprint density at radius 1 is 1.12 bits per heavy atom. The van der Waals surface area contributed by atoms with Gasteiger partial charge in [0.25, 0.3) is 0 Å². The van der Waals surface area contributed by atoms with Crippen molar-refractivity contribution in [3.05, 3.63) is 47.6 Å². The van der Waals surface area contributed by atoms with E-state index in [9.17, 15) is 24.9 Å². The van der Waals surface area contributed by atoms with Crippen LogP contribution in [0.15, 0.2) is 36.4 Å². The third kappa shape index (κ3) is 4.55. The van der Waals surface area contributed by atoms with Crippen LogP contribution in [0.4, 0.5) is 0 Å². The number of carbonyl (C=O) groups excluding carboxylic acids is 2. The fourth-order valence-electron chi connectivity index (χ4n) is 2.41. The highest BCUT2D eigenvalue weighted by atomic mass is 16.5. The lowest BCUT2D eigenvalue weighted by Crippen LogP contribution is -2.32. The highest BCUT2D eigenvalue weighted by molar-refractivity contribution is 5.97. The largest absolute Gasteiger partial charge is 0.507 e. The summed E-state index contributed by atoms with van der Waals surface area (Å²) < 4.78 is 5.39. The van der Waals surface area contributed by atoms with E-state index in [1.165, 1.54) is 30.4 Å². The maximum Gasteiger partial charge on any atom is 0.342 e. The number of ketones is 1. The van der Waals surface area contributed by atoms with E-state index in [2.05, 4.69) is 0 Å². The minimum atomic E-state index is -1.53. The zero-order valence-electron chi connectivity index (χ0n) is 14.1. The highest BCUT2D eigenvalue weighted by Gasteiger charge is 2.24. The molecule has 1 aliphatic heterocycles. The Hall–Kier alpha value is -2.44. The quantitative estimate of drug-likeness (QED) is 0.619. The molecule has 1 aliphatic rings. The topological polar surface area (TPSA) is 104 Å². The van der Waals surface area contributed by atoms with Gasteiger partial charge in [0.05, 0.1) is 6.10 Å². The summed E-state index contributed by atoms with van der Waals surface area (Å²) in [7, 11) is 0. The Labute approximate surface area is 146 Å². The van der Waals surface area contributed by atoms with Gasteiger partial charge in [-0.05, 0) is 31.1 Å². The van der Waals surface area contributed by atoms with Crippen molar-refractivity contribution in [2.24, 2.45) is 5.92 Å². The molecule has 2 unspecified atom stereocenters. The molecule has 0 radical (unpaired) electrons. The number of phenolic OH excluding ortho intramolecular Hbond substituents is 1. The number of cyclic esters (lactones) is 1. The Balaban J connectivity index is 2.43. The van der Waals surface area contributed by atoms with E-state index in [1.54, 1.807) is 26.0 Å². The molecule has 0 aromatic heterocycles. The van der Waals surface area contributed by atoms with Crippen LogP contribution in [0.3, 0.4) is 0 Å². The van der Waals surface area contributed by atoms with Crippen molar-refractivity contribution < 1.29 is 29.6 Å². The summed E-state index contributed by atoms with van der Waals surface area (Å²) in [5, 5.41) is 29.8. The number of phenols is 1. The van der Waals surface area contributed by atoms with Crippen molar-refractivity contribution in [1.82, 2.24) is 0 Å². The first-order valence-corrected chi connectivity index (χ1v) is 8.09. The fraction of sp³-hybridized carbons (Fsp3) is 0.368. The van der Waals surface area contributed by atoms with Gasteiger partial charge in [-0.1, -0.05) is 37.3 Å². The first kappa shape index (κ1) is 18.9. The summed E-state index contributed by atoms with van der Waals surface area (Å²) in [6.45, 7) is 3.42. The smallest absolute Gasteiger partial charge is 0.342 e. The number of benzene rings is 1. The average Bonchev–Trinajstić information content (AvgIpc) is 2.57. The Morgan fingerprint density at radius 2 is 1.84 bits per heavy atom. The lowest BCUT2D eigenvalue weighted by atomic mass is 10.00. The van der Waals surface area contributed by atoms with Crippen LogP contribution in [-0.2, 0) is 9.53 Å². The van der Waals surface area contributed by atoms with Crippen LogP contribution in [0.1, 0.15) is 36.2 Å². The first-order chi connectivity index (χ1) is 11.8. The van der Waals surface area contributed by atoms with E-state index in [4.69, 9.17) is 4.74 Å². The summed E-state index contributed by atoms with van der Waals surface area (Å²) in [4.78, 5) is 24.3. The van der Waals surface area contributed by atoms with Crippen molar-refractivity contribution in [2.45, 2.75) is 38.6 Å². The minimum absolute atomic E-state index is 0.0108. The second-order valence-electron chi connectivity index (χ2n) is 6.12. The van der Waals surface area contributed by atoms with Crippen LogP contribution >= 0.6 is 0 Å². The van der Waals surface area contributed by atoms with Gasteiger partial charge in [-0.3, -0.25) is 4.79 Å². The summed E-state index contributed by atoms with van der Waals surface area (Å²) >= 11 is 0. The van der Waals surface area contributed by atoms with Crippen LogP contribution in [0.25, 0.3) is 6.08 Å². The molecule has 4 atom stereocenters. The number of aromatic hydroxyl groups is 1. The van der Waals surface area contributed by atoms with Gasteiger partial charge in [-0.25, -0.2) is 4.79 Å². The van der Waals surface area contributed by atoms with E-state index >= 15 is 0 Å². The second-order valence-corrected chi connectivity index (χ2v) is 6.12. The predicted octanol–water partition coefficient (Wildman–Crippen LogP) is 1.84. The molecular weight excluding hydrogens is 324 g/mol. The molecule has 6 heteroatoms. The summed E-state index contributed by atoms with van der Waals surface area (Å²) in [6.07, 6.45) is 2.41. The molecule has 0 aliphatic carbocycles. The van der Waals surface area contributed by atoms with Gasteiger partial charge in [-0.15, -0.1) is 0 Å². The molecule has 1 aromatic carbocycles. The lowest BCUT2D eigenvalue weighted by molar-refractivity contribution is -0.127. The molecule has 0 bridgehead atoms. The standard InChI is InChI=1S/C19H22O6/c1-11-9-10-16(22)18(23)15(21)8-4-6-13-5-3-7-14(20)17(13)19(24)25-12(11)2/h3-7,9-12,15,18,20-21,23H,8H2,1-2H3/b6-4+,10-9-/t11?,12-,15-,18?/m0/s1. The highest BCUT2D eigenvalue weighted by Crippen LogP contribution is 2.25. The molecular formula is C19H22O6. The molecule has 25 heavy (non-hydrogen) atoms. The van der Waals surface area contributed by atoms with Crippen molar-refractivity contribution in [3.8, 4) is 5.75 Å².